The minimum absolute atomic E-state index is 0.212. The first-order valence-electron chi connectivity index (χ1n) is 7.41. The highest BCUT2D eigenvalue weighted by Gasteiger charge is 2.16. The monoisotopic (exact) mass is 255 g/mol. The second kappa shape index (κ2) is 8.48. The summed E-state index contributed by atoms with van der Waals surface area (Å²) in [5, 5.41) is 6.89. The molecule has 106 valence electrons. The summed E-state index contributed by atoms with van der Waals surface area (Å²) in [6.45, 7) is 9.44. The average Bonchev–Trinajstić information content (AvgIpc) is 2.39. The number of hydrogen-bond donors (Lipinski definition) is 2. The molecule has 1 heterocycles. The Bertz CT molecular complexity index is 235. The highest BCUT2D eigenvalue weighted by molar-refractivity contribution is 5.78. The lowest BCUT2D eigenvalue weighted by Crippen LogP contribution is -2.44. The second-order valence-electron chi connectivity index (χ2n) is 5.23. The number of nitrogens with one attached hydrogen (secondary N) is 2. The zero-order valence-electron chi connectivity index (χ0n) is 12.2. The van der Waals surface area contributed by atoms with E-state index in [0.717, 1.165) is 26.1 Å². The summed E-state index contributed by atoms with van der Waals surface area (Å²) < 4.78 is 0. The molecule has 0 spiro atoms. The Hall–Kier alpha value is -0.610. The molecule has 2 unspecified atom stereocenters. The van der Waals surface area contributed by atoms with Gasteiger partial charge in [-0.15, -0.1) is 0 Å². The van der Waals surface area contributed by atoms with Gasteiger partial charge in [-0.25, -0.2) is 0 Å². The van der Waals surface area contributed by atoms with Crippen molar-refractivity contribution in [3.8, 4) is 0 Å². The highest BCUT2D eigenvalue weighted by atomic mass is 16.2. The summed E-state index contributed by atoms with van der Waals surface area (Å²) in [5.41, 5.74) is 0. The van der Waals surface area contributed by atoms with Crippen LogP contribution in [0.2, 0.25) is 0 Å². The van der Waals surface area contributed by atoms with Gasteiger partial charge in [-0.1, -0.05) is 6.42 Å². The fraction of sp³-hybridized carbons (Fsp3) is 0.929. The van der Waals surface area contributed by atoms with Crippen molar-refractivity contribution in [2.75, 3.05) is 26.2 Å². The Kier molecular flexibility index (Phi) is 7.28. The van der Waals surface area contributed by atoms with Crippen LogP contribution in [-0.4, -0.2) is 49.1 Å². The first-order chi connectivity index (χ1) is 8.67. The van der Waals surface area contributed by atoms with Gasteiger partial charge in [0.2, 0.25) is 5.91 Å². The molecule has 0 aromatic heterocycles. The lowest BCUT2D eigenvalue weighted by atomic mass is 9.99. The first-order valence-corrected chi connectivity index (χ1v) is 7.41. The minimum atomic E-state index is 0.212. The van der Waals surface area contributed by atoms with Gasteiger partial charge in [-0.2, -0.15) is 0 Å². The van der Waals surface area contributed by atoms with E-state index in [2.05, 4.69) is 17.6 Å². The molecule has 4 heteroatoms. The molecule has 0 aliphatic carbocycles. The zero-order chi connectivity index (χ0) is 13.4. The van der Waals surface area contributed by atoms with E-state index in [0.29, 0.717) is 18.6 Å². The molecule has 1 saturated heterocycles. The van der Waals surface area contributed by atoms with Crippen molar-refractivity contribution in [3.63, 3.8) is 0 Å². The normalized spacial score (nSPS) is 21.6. The van der Waals surface area contributed by atoms with Crippen LogP contribution < -0.4 is 10.6 Å². The van der Waals surface area contributed by atoms with Crippen molar-refractivity contribution < 1.29 is 4.79 Å². The van der Waals surface area contributed by atoms with Crippen molar-refractivity contribution in [2.45, 2.75) is 58.5 Å². The van der Waals surface area contributed by atoms with Crippen molar-refractivity contribution in [1.82, 2.24) is 15.5 Å². The molecule has 2 atom stereocenters. The Morgan fingerprint density at radius 2 is 2.11 bits per heavy atom. The number of hydrogen-bond acceptors (Lipinski definition) is 3. The average molecular weight is 255 g/mol. The molecule has 1 aliphatic heterocycles. The third-order valence-electron chi connectivity index (χ3n) is 3.77. The Labute approximate surface area is 111 Å². The largest absolute Gasteiger partial charge is 0.342 e. The molecule has 1 amide bonds. The quantitative estimate of drug-likeness (QED) is 0.722. The van der Waals surface area contributed by atoms with Gasteiger partial charge in [-0.05, 0) is 46.6 Å². The van der Waals surface area contributed by atoms with Crippen molar-refractivity contribution >= 4 is 5.91 Å². The summed E-state index contributed by atoms with van der Waals surface area (Å²) in [7, 11) is 0. The van der Waals surface area contributed by atoms with Gasteiger partial charge in [0.1, 0.15) is 0 Å². The fourth-order valence-electron chi connectivity index (χ4n) is 2.58. The first kappa shape index (κ1) is 15.4. The van der Waals surface area contributed by atoms with E-state index in [9.17, 15) is 4.79 Å². The van der Waals surface area contributed by atoms with E-state index in [1.807, 2.05) is 18.7 Å². The maximum atomic E-state index is 11.8. The van der Waals surface area contributed by atoms with Crippen LogP contribution in [0.25, 0.3) is 0 Å². The second-order valence-corrected chi connectivity index (χ2v) is 5.23. The van der Waals surface area contributed by atoms with Crippen LogP contribution in [0.5, 0.6) is 0 Å². The van der Waals surface area contributed by atoms with Gasteiger partial charge in [0.15, 0.2) is 0 Å². The van der Waals surface area contributed by atoms with Gasteiger partial charge in [-0.3, -0.25) is 4.79 Å². The molecule has 18 heavy (non-hydrogen) atoms. The SMILES string of the molecule is CCN(CC)C(=O)CNC(C)CC1CCCCN1. The molecule has 0 aromatic rings. The van der Waals surface area contributed by atoms with Gasteiger partial charge in [0.05, 0.1) is 6.54 Å². The Morgan fingerprint density at radius 3 is 2.67 bits per heavy atom. The van der Waals surface area contributed by atoms with E-state index in [-0.39, 0.29) is 5.91 Å². The number of carbonyl (C=O) groups excluding carboxylic acids is 1. The van der Waals surface area contributed by atoms with Crippen molar-refractivity contribution in [2.24, 2.45) is 0 Å². The summed E-state index contributed by atoms with van der Waals surface area (Å²) in [4.78, 5) is 13.7. The molecule has 0 radical (unpaired) electrons. The van der Waals surface area contributed by atoms with E-state index >= 15 is 0 Å². The number of rotatable bonds is 7. The smallest absolute Gasteiger partial charge is 0.236 e. The van der Waals surface area contributed by atoms with E-state index in [1.165, 1.54) is 19.3 Å². The maximum absolute atomic E-state index is 11.8. The van der Waals surface area contributed by atoms with Crippen LogP contribution >= 0.6 is 0 Å². The van der Waals surface area contributed by atoms with E-state index in [1.54, 1.807) is 0 Å². The molecule has 1 rings (SSSR count). The molecule has 1 aliphatic rings. The third kappa shape index (κ3) is 5.36. The predicted octanol–water partition coefficient (Wildman–Crippen LogP) is 1.37. The van der Waals surface area contributed by atoms with Crippen LogP contribution in [0.15, 0.2) is 0 Å². The Morgan fingerprint density at radius 1 is 1.39 bits per heavy atom. The van der Waals surface area contributed by atoms with Gasteiger partial charge in [0.25, 0.3) is 0 Å². The van der Waals surface area contributed by atoms with Crippen LogP contribution in [0.1, 0.15) is 46.5 Å². The fourth-order valence-corrected chi connectivity index (χ4v) is 2.58. The van der Waals surface area contributed by atoms with Crippen molar-refractivity contribution in [1.29, 1.82) is 0 Å². The van der Waals surface area contributed by atoms with E-state index in [4.69, 9.17) is 0 Å². The number of carbonyl (C=O) groups is 1. The number of piperidine rings is 1. The zero-order valence-corrected chi connectivity index (χ0v) is 12.2. The summed E-state index contributed by atoms with van der Waals surface area (Å²) in [6.07, 6.45) is 5.03. The van der Waals surface area contributed by atoms with E-state index < -0.39 is 0 Å². The lowest BCUT2D eigenvalue weighted by Gasteiger charge is -2.27. The molecular formula is C14H29N3O. The standard InChI is InChI=1S/C14H29N3O/c1-4-17(5-2)14(18)11-16-12(3)10-13-8-6-7-9-15-13/h12-13,15-16H,4-11H2,1-3H3. The molecular weight excluding hydrogens is 226 g/mol. The third-order valence-corrected chi connectivity index (χ3v) is 3.77. The minimum Gasteiger partial charge on any atom is -0.342 e. The van der Waals surface area contributed by atoms with Crippen LogP contribution in [0.4, 0.5) is 0 Å². The van der Waals surface area contributed by atoms with Crippen LogP contribution in [-0.2, 0) is 4.79 Å². The Balaban J connectivity index is 2.19. The van der Waals surface area contributed by atoms with Gasteiger partial charge in [0, 0.05) is 25.2 Å². The molecule has 0 aromatic carbocycles. The van der Waals surface area contributed by atoms with Gasteiger partial charge < -0.3 is 15.5 Å². The lowest BCUT2D eigenvalue weighted by molar-refractivity contribution is -0.130. The summed E-state index contributed by atoms with van der Waals surface area (Å²) in [6, 6.07) is 1.03. The highest BCUT2D eigenvalue weighted by Crippen LogP contribution is 2.11. The molecule has 0 saturated carbocycles. The maximum Gasteiger partial charge on any atom is 0.236 e. The number of likely N-dealkylation sites (N-methyl/N-ethyl adjacent to an activating group) is 1. The molecule has 0 bridgehead atoms. The van der Waals surface area contributed by atoms with Crippen LogP contribution in [0.3, 0.4) is 0 Å². The molecule has 2 N–H and O–H groups in total. The van der Waals surface area contributed by atoms with Gasteiger partial charge >= 0.3 is 0 Å². The predicted molar refractivity (Wildman–Crippen MR) is 75.7 cm³/mol. The number of amides is 1. The number of nitrogens with zero attached hydrogens (tertiary/aromatic N) is 1. The topological polar surface area (TPSA) is 44.4 Å². The van der Waals surface area contributed by atoms with Crippen LogP contribution in [0, 0.1) is 0 Å². The molecule has 4 nitrogen and oxygen atoms in total. The van der Waals surface area contributed by atoms with Crippen molar-refractivity contribution in [3.05, 3.63) is 0 Å². The summed E-state index contributed by atoms with van der Waals surface area (Å²) >= 11 is 0. The molecule has 1 fully saturated rings. The summed E-state index contributed by atoms with van der Waals surface area (Å²) in [5.74, 6) is 0.212.